The van der Waals surface area contributed by atoms with Crippen molar-refractivity contribution >= 4 is 17.0 Å². The highest BCUT2D eigenvalue weighted by molar-refractivity contribution is 8.93. The van der Waals surface area contributed by atoms with Gasteiger partial charge in [0.25, 0.3) is 0 Å². The summed E-state index contributed by atoms with van der Waals surface area (Å²) in [7, 11) is 0. The van der Waals surface area contributed by atoms with Crippen molar-refractivity contribution in [2.45, 2.75) is 149 Å². The molecule has 160 valence electrons. The first-order valence-corrected chi connectivity index (χ1v) is 11.9. The van der Waals surface area contributed by atoms with Crippen LogP contribution in [0.5, 0.6) is 0 Å². The van der Waals surface area contributed by atoms with Crippen LogP contribution in [0, 0.1) is 5.92 Å². The zero-order chi connectivity index (χ0) is 18.8. The van der Waals surface area contributed by atoms with E-state index in [9.17, 15) is 0 Å². The van der Waals surface area contributed by atoms with Crippen LogP contribution in [0.1, 0.15) is 143 Å². The number of unbranched alkanes of at least 4 members (excludes halogenated alkanes) is 12. The van der Waals surface area contributed by atoms with E-state index in [1.807, 2.05) is 0 Å². The molecule has 0 fully saturated rings. The minimum atomic E-state index is 0. The van der Waals surface area contributed by atoms with E-state index in [2.05, 4.69) is 27.7 Å². The number of hydrogen-bond acceptors (Lipinski definition) is 1. The van der Waals surface area contributed by atoms with Gasteiger partial charge in [-0.3, -0.25) is 0 Å². The second-order valence-corrected chi connectivity index (χ2v) is 8.67. The van der Waals surface area contributed by atoms with Gasteiger partial charge in [-0.15, -0.1) is 17.0 Å². The minimum absolute atomic E-state index is 0. The SMILES string of the molecule is Br.CCCCCCCC(C)C(N)(CCCCCCC)CCCCCCC. The number of nitrogens with two attached hydrogens (primary N) is 1. The topological polar surface area (TPSA) is 26.0 Å². The molecular formula is C24H52BrN. The molecule has 0 amide bonds. The molecule has 0 saturated carbocycles. The van der Waals surface area contributed by atoms with Crippen LogP contribution in [-0.4, -0.2) is 5.54 Å². The van der Waals surface area contributed by atoms with Gasteiger partial charge in [0.2, 0.25) is 0 Å². The normalized spacial score (nSPS) is 12.8. The third-order valence-electron chi connectivity index (χ3n) is 6.21. The Morgan fingerprint density at radius 2 is 0.923 bits per heavy atom. The molecule has 2 N–H and O–H groups in total. The maximum atomic E-state index is 7.01. The molecule has 0 aliphatic carbocycles. The Balaban J connectivity index is 0. The summed E-state index contributed by atoms with van der Waals surface area (Å²) >= 11 is 0. The van der Waals surface area contributed by atoms with Crippen molar-refractivity contribution in [3.63, 3.8) is 0 Å². The Morgan fingerprint density at radius 1 is 0.577 bits per heavy atom. The molecule has 0 aliphatic heterocycles. The van der Waals surface area contributed by atoms with Gasteiger partial charge in [0.05, 0.1) is 0 Å². The fourth-order valence-corrected chi connectivity index (χ4v) is 4.07. The van der Waals surface area contributed by atoms with Crippen molar-refractivity contribution in [3.8, 4) is 0 Å². The molecule has 0 aromatic rings. The number of rotatable bonds is 19. The van der Waals surface area contributed by atoms with Crippen molar-refractivity contribution in [3.05, 3.63) is 0 Å². The van der Waals surface area contributed by atoms with Crippen molar-refractivity contribution < 1.29 is 0 Å². The van der Waals surface area contributed by atoms with Crippen LogP contribution in [0.2, 0.25) is 0 Å². The van der Waals surface area contributed by atoms with Crippen LogP contribution >= 0.6 is 17.0 Å². The Bertz CT molecular complexity index is 253. The molecule has 0 aliphatic rings. The maximum absolute atomic E-state index is 7.01. The second-order valence-electron chi connectivity index (χ2n) is 8.67. The molecule has 1 unspecified atom stereocenters. The first kappa shape index (κ1) is 28.6. The molecule has 0 rings (SSSR count). The van der Waals surface area contributed by atoms with Gasteiger partial charge < -0.3 is 5.73 Å². The van der Waals surface area contributed by atoms with Crippen molar-refractivity contribution in [1.29, 1.82) is 0 Å². The summed E-state index contributed by atoms with van der Waals surface area (Å²) in [6.45, 7) is 9.33. The van der Waals surface area contributed by atoms with E-state index in [0.29, 0.717) is 5.92 Å². The summed E-state index contributed by atoms with van der Waals surface area (Å²) < 4.78 is 0. The summed E-state index contributed by atoms with van der Waals surface area (Å²) in [5.74, 6) is 0.687. The zero-order valence-corrected chi connectivity index (χ0v) is 20.5. The van der Waals surface area contributed by atoms with Crippen LogP contribution < -0.4 is 5.73 Å². The predicted molar refractivity (Wildman–Crippen MR) is 127 cm³/mol. The molecule has 0 heterocycles. The van der Waals surface area contributed by atoms with Crippen LogP contribution in [0.15, 0.2) is 0 Å². The first-order valence-electron chi connectivity index (χ1n) is 11.9. The summed E-state index contributed by atoms with van der Waals surface area (Å²) in [6, 6.07) is 0. The Hall–Kier alpha value is 0.440. The molecular weight excluding hydrogens is 382 g/mol. The Morgan fingerprint density at radius 3 is 1.31 bits per heavy atom. The molecule has 0 bridgehead atoms. The second kappa shape index (κ2) is 20.2. The summed E-state index contributed by atoms with van der Waals surface area (Å²) in [4.78, 5) is 0. The van der Waals surface area contributed by atoms with Crippen LogP contribution in [0.25, 0.3) is 0 Å². The number of halogens is 1. The zero-order valence-electron chi connectivity index (χ0n) is 18.8. The van der Waals surface area contributed by atoms with Gasteiger partial charge in [-0.25, -0.2) is 0 Å². The third kappa shape index (κ3) is 15.5. The van der Waals surface area contributed by atoms with E-state index >= 15 is 0 Å². The molecule has 1 nitrogen and oxygen atoms in total. The van der Waals surface area contributed by atoms with E-state index in [1.54, 1.807) is 0 Å². The van der Waals surface area contributed by atoms with Gasteiger partial charge in [0.1, 0.15) is 0 Å². The fourth-order valence-electron chi connectivity index (χ4n) is 4.07. The van der Waals surface area contributed by atoms with E-state index in [0.717, 1.165) is 0 Å². The smallest absolute Gasteiger partial charge is 0.0180 e. The molecule has 1 atom stereocenters. The van der Waals surface area contributed by atoms with Gasteiger partial charge in [0.15, 0.2) is 0 Å². The summed E-state index contributed by atoms with van der Waals surface area (Å²) in [6.07, 6.45) is 24.5. The van der Waals surface area contributed by atoms with Gasteiger partial charge in [-0.05, 0) is 25.2 Å². The highest BCUT2D eigenvalue weighted by atomic mass is 79.9. The molecule has 0 spiro atoms. The molecule has 0 radical (unpaired) electrons. The van der Waals surface area contributed by atoms with Crippen molar-refractivity contribution in [2.24, 2.45) is 11.7 Å². The molecule has 0 aromatic carbocycles. The lowest BCUT2D eigenvalue weighted by Gasteiger charge is -2.36. The first-order chi connectivity index (χ1) is 12.1. The monoisotopic (exact) mass is 433 g/mol. The molecule has 26 heavy (non-hydrogen) atoms. The lowest BCUT2D eigenvalue weighted by Crippen LogP contribution is -2.46. The molecule has 0 aromatic heterocycles. The Kier molecular flexibility index (Phi) is 22.2. The average Bonchev–Trinajstić information content (AvgIpc) is 2.61. The highest BCUT2D eigenvalue weighted by Gasteiger charge is 2.30. The summed E-state index contributed by atoms with van der Waals surface area (Å²) in [5, 5.41) is 0. The quantitative estimate of drug-likeness (QED) is 0.202. The lowest BCUT2D eigenvalue weighted by atomic mass is 9.75. The summed E-state index contributed by atoms with van der Waals surface area (Å²) in [5.41, 5.74) is 7.11. The van der Waals surface area contributed by atoms with E-state index in [-0.39, 0.29) is 22.5 Å². The minimum Gasteiger partial charge on any atom is -0.325 e. The standard InChI is InChI=1S/C24H51N.BrH/c1-5-8-11-14-17-20-23(4)24(25,21-18-15-12-9-6-2)22-19-16-13-10-7-3;/h23H,5-22,25H2,1-4H3;1H. The predicted octanol–water partition coefficient (Wildman–Crippen LogP) is 8.98. The largest absolute Gasteiger partial charge is 0.325 e. The molecule has 2 heteroatoms. The van der Waals surface area contributed by atoms with Crippen LogP contribution in [0.4, 0.5) is 0 Å². The number of hydrogen-bond donors (Lipinski definition) is 1. The van der Waals surface area contributed by atoms with E-state index in [4.69, 9.17) is 5.73 Å². The highest BCUT2D eigenvalue weighted by Crippen LogP contribution is 2.31. The van der Waals surface area contributed by atoms with Crippen molar-refractivity contribution in [2.75, 3.05) is 0 Å². The lowest BCUT2D eigenvalue weighted by molar-refractivity contribution is 0.220. The maximum Gasteiger partial charge on any atom is 0.0180 e. The van der Waals surface area contributed by atoms with Crippen molar-refractivity contribution in [1.82, 2.24) is 0 Å². The van der Waals surface area contributed by atoms with Gasteiger partial charge in [-0.1, -0.05) is 124 Å². The van der Waals surface area contributed by atoms with Gasteiger partial charge in [-0.2, -0.15) is 0 Å². The van der Waals surface area contributed by atoms with Crippen LogP contribution in [0.3, 0.4) is 0 Å². The Labute approximate surface area is 177 Å². The van der Waals surface area contributed by atoms with E-state index in [1.165, 1.54) is 116 Å². The molecule has 0 saturated heterocycles. The van der Waals surface area contributed by atoms with Gasteiger partial charge in [0, 0.05) is 5.54 Å². The van der Waals surface area contributed by atoms with Gasteiger partial charge >= 0.3 is 0 Å². The average molecular weight is 435 g/mol. The van der Waals surface area contributed by atoms with E-state index < -0.39 is 0 Å². The third-order valence-corrected chi connectivity index (χ3v) is 6.21. The van der Waals surface area contributed by atoms with Crippen LogP contribution in [-0.2, 0) is 0 Å². The fraction of sp³-hybridized carbons (Fsp3) is 1.00.